The fraction of sp³-hybridized carbons (Fsp3) is 0.556. The minimum Gasteiger partial charge on any atom is -0.463 e. The van der Waals surface area contributed by atoms with Gasteiger partial charge in [0.25, 0.3) is 0 Å². The summed E-state index contributed by atoms with van der Waals surface area (Å²) in [5.74, 6) is 0.353. The summed E-state index contributed by atoms with van der Waals surface area (Å²) >= 11 is 1.64. The lowest BCUT2D eigenvalue weighted by Gasteiger charge is -2.35. The van der Waals surface area contributed by atoms with Gasteiger partial charge in [-0.15, -0.1) is 0 Å². The van der Waals surface area contributed by atoms with Crippen LogP contribution in [0.1, 0.15) is 32.8 Å². The Morgan fingerprint density at radius 2 is 2.04 bits per heavy atom. The van der Waals surface area contributed by atoms with Gasteiger partial charge in [-0.2, -0.15) is 11.8 Å². The van der Waals surface area contributed by atoms with Crippen molar-refractivity contribution in [3.8, 4) is 0 Å². The number of hydrogen-bond acceptors (Lipinski definition) is 6. The van der Waals surface area contributed by atoms with Crippen molar-refractivity contribution in [2.45, 2.75) is 56.7 Å². The largest absolute Gasteiger partial charge is 0.463 e. The number of Topliss-reactive ketones (excluding diaryl/α,β-unsaturated/α-hetero) is 1. The number of hydrogen-bond donors (Lipinski definition) is 0. The minimum absolute atomic E-state index is 0.0617. The number of ketones is 1. The van der Waals surface area contributed by atoms with Gasteiger partial charge in [0, 0.05) is 24.3 Å². The molecule has 0 spiro atoms. The number of ether oxygens (including phenoxy) is 3. The lowest BCUT2D eigenvalue weighted by molar-refractivity contribution is -0.211. The molecule has 1 aliphatic heterocycles. The molecule has 0 amide bonds. The Balaban J connectivity index is 1.99. The average molecular weight is 352 g/mol. The highest BCUT2D eigenvalue weighted by Crippen LogP contribution is 2.31. The zero-order chi connectivity index (χ0) is 17.5. The van der Waals surface area contributed by atoms with Crippen molar-refractivity contribution >= 4 is 23.5 Å². The Morgan fingerprint density at radius 1 is 1.33 bits per heavy atom. The van der Waals surface area contributed by atoms with E-state index in [9.17, 15) is 9.59 Å². The van der Waals surface area contributed by atoms with Gasteiger partial charge in [-0.25, -0.2) is 0 Å². The number of benzene rings is 1. The summed E-state index contributed by atoms with van der Waals surface area (Å²) < 4.78 is 16.4. The van der Waals surface area contributed by atoms with Crippen LogP contribution < -0.4 is 0 Å². The van der Waals surface area contributed by atoms with Crippen LogP contribution >= 0.6 is 11.8 Å². The van der Waals surface area contributed by atoms with Crippen molar-refractivity contribution in [2.24, 2.45) is 0 Å². The lowest BCUT2D eigenvalue weighted by atomic mass is 10.1. The SMILES string of the molecule is CC(=O)OC[C@H]1O[C@H](OC(C)C)C(=O)C[C@H]1SCc1ccccc1. The van der Waals surface area contributed by atoms with Gasteiger partial charge < -0.3 is 14.2 Å². The predicted octanol–water partition coefficient (Wildman–Crippen LogP) is 2.96. The van der Waals surface area contributed by atoms with Gasteiger partial charge in [-0.05, 0) is 19.4 Å². The fourth-order valence-electron chi connectivity index (χ4n) is 2.39. The van der Waals surface area contributed by atoms with Crippen molar-refractivity contribution in [1.29, 1.82) is 0 Å². The number of carbonyl (C=O) groups is 2. The monoisotopic (exact) mass is 352 g/mol. The molecule has 3 atom stereocenters. The summed E-state index contributed by atoms with van der Waals surface area (Å²) in [5.41, 5.74) is 1.18. The molecule has 1 aromatic carbocycles. The van der Waals surface area contributed by atoms with Gasteiger partial charge >= 0.3 is 5.97 Å². The van der Waals surface area contributed by atoms with Gasteiger partial charge in [0.05, 0.1) is 6.10 Å². The molecule has 2 rings (SSSR count). The van der Waals surface area contributed by atoms with Crippen LogP contribution in [0.4, 0.5) is 0 Å². The second-order valence-corrected chi connectivity index (χ2v) is 7.23. The highest BCUT2D eigenvalue weighted by atomic mass is 32.2. The summed E-state index contributed by atoms with van der Waals surface area (Å²) in [7, 11) is 0. The molecule has 1 fully saturated rings. The van der Waals surface area contributed by atoms with Crippen LogP contribution in [0.2, 0.25) is 0 Å². The third-order valence-corrected chi connectivity index (χ3v) is 4.93. The molecule has 6 heteroatoms. The Morgan fingerprint density at radius 3 is 2.67 bits per heavy atom. The van der Waals surface area contributed by atoms with Crippen LogP contribution in [0.5, 0.6) is 0 Å². The van der Waals surface area contributed by atoms with Crippen LogP contribution in [-0.4, -0.2) is 42.1 Å². The molecule has 0 saturated carbocycles. The first-order valence-corrected chi connectivity index (χ1v) is 9.13. The molecule has 0 aliphatic carbocycles. The standard InChI is InChI=1S/C18H24O5S/c1-12(2)22-18-15(20)9-17(16(23-18)10-21-13(3)19)24-11-14-7-5-4-6-8-14/h4-8,12,16-18H,9-11H2,1-3H3/t16-,17-,18+/m1/s1. The normalized spacial score (nSPS) is 24.2. The van der Waals surface area contributed by atoms with E-state index in [1.165, 1.54) is 12.5 Å². The Bertz CT molecular complexity index is 546. The molecule has 0 unspecified atom stereocenters. The smallest absolute Gasteiger partial charge is 0.302 e. The Hall–Kier alpha value is -1.37. The highest BCUT2D eigenvalue weighted by Gasteiger charge is 2.38. The van der Waals surface area contributed by atoms with Crippen molar-refractivity contribution in [1.82, 2.24) is 0 Å². The van der Waals surface area contributed by atoms with E-state index in [-0.39, 0.29) is 35.8 Å². The van der Waals surface area contributed by atoms with Crippen LogP contribution in [0, 0.1) is 0 Å². The molecule has 0 aromatic heterocycles. The summed E-state index contributed by atoms with van der Waals surface area (Å²) in [6, 6.07) is 10.0. The molecular weight excluding hydrogens is 328 g/mol. The third-order valence-electron chi connectivity index (χ3n) is 3.53. The summed E-state index contributed by atoms with van der Waals surface area (Å²) in [4.78, 5) is 23.4. The van der Waals surface area contributed by atoms with Crippen LogP contribution in [0.15, 0.2) is 30.3 Å². The van der Waals surface area contributed by atoms with Crippen LogP contribution in [0.25, 0.3) is 0 Å². The molecule has 24 heavy (non-hydrogen) atoms. The number of esters is 1. The van der Waals surface area contributed by atoms with E-state index in [4.69, 9.17) is 14.2 Å². The summed E-state index contributed by atoms with van der Waals surface area (Å²) in [5, 5.41) is -0.0657. The van der Waals surface area contributed by atoms with Crippen LogP contribution in [-0.2, 0) is 29.6 Å². The Kier molecular flexibility index (Phi) is 7.27. The van der Waals surface area contributed by atoms with E-state index in [1.54, 1.807) is 11.8 Å². The van der Waals surface area contributed by atoms with E-state index < -0.39 is 6.29 Å². The predicted molar refractivity (Wildman–Crippen MR) is 92.7 cm³/mol. The molecule has 132 valence electrons. The first-order chi connectivity index (χ1) is 11.5. The molecule has 0 bridgehead atoms. The molecule has 0 N–H and O–H groups in total. The van der Waals surface area contributed by atoms with Gasteiger partial charge in [0.1, 0.15) is 12.7 Å². The second kappa shape index (κ2) is 9.20. The zero-order valence-electron chi connectivity index (χ0n) is 14.3. The highest BCUT2D eigenvalue weighted by molar-refractivity contribution is 7.99. The molecule has 1 saturated heterocycles. The maximum Gasteiger partial charge on any atom is 0.302 e. The van der Waals surface area contributed by atoms with Gasteiger partial charge in [-0.1, -0.05) is 30.3 Å². The van der Waals surface area contributed by atoms with Gasteiger partial charge in [0.2, 0.25) is 6.29 Å². The quantitative estimate of drug-likeness (QED) is 0.703. The summed E-state index contributed by atoms with van der Waals surface area (Å²) in [6.45, 7) is 5.21. The van der Waals surface area contributed by atoms with Crippen molar-refractivity contribution in [3.05, 3.63) is 35.9 Å². The van der Waals surface area contributed by atoms with Crippen molar-refractivity contribution < 1.29 is 23.8 Å². The van der Waals surface area contributed by atoms with Gasteiger partial charge in [-0.3, -0.25) is 9.59 Å². The first kappa shape index (κ1) is 19.0. The second-order valence-electron chi connectivity index (χ2n) is 6.00. The number of rotatable bonds is 7. The third kappa shape index (κ3) is 5.92. The molecule has 1 aliphatic rings. The molecular formula is C18H24O5S. The molecule has 5 nitrogen and oxygen atoms in total. The van der Waals surface area contributed by atoms with Crippen molar-refractivity contribution in [2.75, 3.05) is 6.61 Å². The summed E-state index contributed by atoms with van der Waals surface area (Å²) in [6.07, 6.45) is -0.995. The lowest BCUT2D eigenvalue weighted by Crippen LogP contribution is -2.47. The van der Waals surface area contributed by atoms with E-state index in [2.05, 4.69) is 0 Å². The van der Waals surface area contributed by atoms with E-state index >= 15 is 0 Å². The topological polar surface area (TPSA) is 61.8 Å². The first-order valence-electron chi connectivity index (χ1n) is 8.08. The minimum atomic E-state index is -0.876. The molecule has 1 aromatic rings. The van der Waals surface area contributed by atoms with Gasteiger partial charge in [0.15, 0.2) is 5.78 Å². The maximum absolute atomic E-state index is 12.3. The fourth-order valence-corrected chi connectivity index (χ4v) is 3.63. The van der Waals surface area contributed by atoms with Crippen LogP contribution in [0.3, 0.4) is 0 Å². The van der Waals surface area contributed by atoms with Crippen molar-refractivity contribution in [3.63, 3.8) is 0 Å². The van der Waals surface area contributed by atoms with E-state index in [1.807, 2.05) is 44.2 Å². The van der Waals surface area contributed by atoms with E-state index in [0.717, 1.165) is 5.75 Å². The Labute approximate surface area is 147 Å². The maximum atomic E-state index is 12.3. The number of thioether (sulfide) groups is 1. The number of carbonyl (C=O) groups excluding carboxylic acids is 2. The molecule has 1 heterocycles. The molecule has 0 radical (unpaired) electrons. The van der Waals surface area contributed by atoms with E-state index in [0.29, 0.717) is 6.42 Å². The zero-order valence-corrected chi connectivity index (χ0v) is 15.1. The average Bonchev–Trinajstić information content (AvgIpc) is 2.54.